The van der Waals surface area contributed by atoms with Crippen molar-refractivity contribution in [2.45, 2.75) is 55.3 Å². The number of H-pyrrole nitrogens is 1. The molecule has 3 rings (SSSR count). The monoisotopic (exact) mass is 610 g/mol. The SMILES string of the molecule is O=c1ccn([C@@H]2O[C@H](COP(=O)([O-])CP(=O)([O-])O[C@H]3O[C@H](CO)[C@@H](F)[C@H](O)[C@H]3O)[C@@H](O)[C@H]2O)c(=O)[nH]1.[Na+].[Na+]. The predicted octanol–water partition coefficient (Wildman–Crippen LogP) is -11.0. The van der Waals surface area contributed by atoms with Crippen molar-refractivity contribution >= 4 is 15.2 Å². The Balaban J connectivity index is 0.00000361. The predicted molar refractivity (Wildman–Crippen MR) is 107 cm³/mol. The van der Waals surface area contributed by atoms with Crippen LogP contribution in [-0.4, -0.2) is 103 Å². The molecular weight excluding hydrogens is 587 g/mol. The van der Waals surface area contributed by atoms with E-state index in [1.807, 2.05) is 4.98 Å². The molecule has 2 fully saturated rings. The number of hydrogen-bond donors (Lipinski definition) is 6. The van der Waals surface area contributed by atoms with Crippen molar-refractivity contribution in [2.75, 3.05) is 19.1 Å². The van der Waals surface area contributed by atoms with Crippen LogP contribution in [0.25, 0.3) is 0 Å². The van der Waals surface area contributed by atoms with Gasteiger partial charge in [-0.1, -0.05) is 0 Å². The second kappa shape index (κ2) is 14.7. The van der Waals surface area contributed by atoms with Gasteiger partial charge in [0, 0.05) is 12.3 Å². The molecule has 3 heterocycles. The van der Waals surface area contributed by atoms with Gasteiger partial charge in [0.15, 0.2) is 18.7 Å². The summed E-state index contributed by atoms with van der Waals surface area (Å²) in [6.07, 6.45) is -16.4. The number of aliphatic hydroxyl groups is 5. The van der Waals surface area contributed by atoms with E-state index in [1.165, 1.54) is 0 Å². The Hall–Kier alpha value is 0.630. The number of aromatic amines is 1. The molecule has 6 N–H and O–H groups in total. The number of hydrogen-bond acceptors (Lipinski definition) is 15. The largest absolute Gasteiger partial charge is 1.00 e. The summed E-state index contributed by atoms with van der Waals surface area (Å²) in [4.78, 5) is 49.3. The van der Waals surface area contributed by atoms with Crippen molar-refractivity contribution in [3.05, 3.63) is 33.1 Å². The van der Waals surface area contributed by atoms with E-state index in [9.17, 15) is 53.3 Å². The maximum atomic E-state index is 13.8. The average molecular weight is 610 g/mol. The number of nitrogens with zero attached hydrogens (tertiary/aromatic N) is 1. The van der Waals surface area contributed by atoms with Gasteiger partial charge in [-0.15, -0.1) is 0 Å². The smallest absolute Gasteiger partial charge is 0.778 e. The van der Waals surface area contributed by atoms with Crippen LogP contribution in [0.1, 0.15) is 6.23 Å². The molecule has 0 bridgehead atoms. The summed E-state index contributed by atoms with van der Waals surface area (Å²) in [7, 11) is -10.8. The van der Waals surface area contributed by atoms with Crippen molar-refractivity contribution in [3.63, 3.8) is 0 Å². The van der Waals surface area contributed by atoms with Gasteiger partial charge < -0.3 is 63.0 Å². The normalized spacial score (nSPS) is 36.4. The summed E-state index contributed by atoms with van der Waals surface area (Å²) in [5.41, 5.74) is -1.75. The van der Waals surface area contributed by atoms with Gasteiger partial charge in [-0.25, -0.2) is 9.18 Å². The van der Waals surface area contributed by atoms with E-state index >= 15 is 0 Å². The molecule has 2 aliphatic heterocycles. The van der Waals surface area contributed by atoms with Crippen LogP contribution < -0.4 is 80.2 Å². The van der Waals surface area contributed by atoms with E-state index in [1.54, 1.807) is 0 Å². The molecule has 0 amide bonds. The summed E-state index contributed by atoms with van der Waals surface area (Å²) in [5, 5.41) is 48.7. The first-order chi connectivity index (χ1) is 16.7. The molecular formula is C16H23FN2Na2O15P2. The minimum Gasteiger partial charge on any atom is -0.778 e. The fraction of sp³-hybridized carbons (Fsp3) is 0.750. The quantitative estimate of drug-likeness (QED) is 0.112. The van der Waals surface area contributed by atoms with Crippen molar-refractivity contribution in [2.24, 2.45) is 0 Å². The van der Waals surface area contributed by atoms with Gasteiger partial charge in [0.25, 0.3) is 5.56 Å². The third kappa shape index (κ3) is 8.82. The summed E-state index contributed by atoms with van der Waals surface area (Å²) in [6, 6.07) is 0.924. The Bertz CT molecular complexity index is 1140. The molecule has 2 aliphatic rings. The molecule has 1 aromatic rings. The maximum Gasteiger partial charge on any atom is 1.00 e. The van der Waals surface area contributed by atoms with Crippen LogP contribution in [-0.2, 0) is 27.7 Å². The van der Waals surface area contributed by atoms with Crippen molar-refractivity contribution < 1.29 is 126 Å². The van der Waals surface area contributed by atoms with Gasteiger partial charge in [-0.3, -0.25) is 14.3 Å². The summed E-state index contributed by atoms with van der Waals surface area (Å²) in [5.74, 6) is -1.81. The van der Waals surface area contributed by atoms with Crippen LogP contribution >= 0.6 is 15.2 Å². The molecule has 0 spiro atoms. The standard InChI is InChI=1S/C16H25FN2O15P2.2Na/c17-9-6(3-20)33-15(13(25)11(9)23)34-36(29,30)5-35(27,28)31-4-7-10(22)12(24)14(32-7)19-2-1-8(21)18-16(19)26;;/h1-2,6-7,9-15,20,22-25H,3-5H2,(H,27,28)(H,29,30)(H,18,21,26);;/q;2*+1/p-2/t6-,7-,9-,10-,11+,12-,13-,14-,15-;;/m1../s1. The van der Waals surface area contributed by atoms with Gasteiger partial charge in [-0.05, 0) is 0 Å². The number of halogens is 1. The summed E-state index contributed by atoms with van der Waals surface area (Å²) < 4.78 is 57.8. The first-order valence-electron chi connectivity index (χ1n) is 10.2. The zero-order valence-corrected chi connectivity index (χ0v) is 25.8. The summed E-state index contributed by atoms with van der Waals surface area (Å²) >= 11 is 0. The molecule has 0 aliphatic carbocycles. The third-order valence-corrected chi connectivity index (χ3v) is 9.15. The second-order valence-electron chi connectivity index (χ2n) is 7.98. The molecule has 17 nitrogen and oxygen atoms in total. The second-order valence-corrected chi connectivity index (χ2v) is 12.0. The Labute approximate surface area is 257 Å². The fourth-order valence-electron chi connectivity index (χ4n) is 3.48. The zero-order valence-electron chi connectivity index (χ0n) is 20.0. The Morgan fingerprint density at radius 1 is 1.00 bits per heavy atom. The van der Waals surface area contributed by atoms with Gasteiger partial charge in [-0.2, -0.15) is 0 Å². The molecule has 1 aromatic heterocycles. The molecule has 38 heavy (non-hydrogen) atoms. The van der Waals surface area contributed by atoms with Crippen LogP contribution in [0.4, 0.5) is 4.39 Å². The average Bonchev–Trinajstić information content (AvgIpc) is 3.06. The summed E-state index contributed by atoms with van der Waals surface area (Å²) in [6.45, 7) is -2.02. The topological polar surface area (TPSA) is 273 Å². The fourth-order valence-corrected chi connectivity index (χ4v) is 6.64. The van der Waals surface area contributed by atoms with E-state index < -0.39 is 101 Å². The molecule has 0 saturated carbocycles. The number of aliphatic hydroxyl groups excluding tert-OH is 5. The molecule has 2 saturated heterocycles. The third-order valence-electron chi connectivity index (χ3n) is 5.31. The van der Waals surface area contributed by atoms with Crippen LogP contribution in [0.3, 0.4) is 0 Å². The van der Waals surface area contributed by atoms with E-state index in [2.05, 4.69) is 9.05 Å². The Kier molecular flexibility index (Phi) is 14.2. The van der Waals surface area contributed by atoms with Gasteiger partial charge >= 0.3 is 64.8 Å². The van der Waals surface area contributed by atoms with Crippen LogP contribution in [0.15, 0.2) is 21.9 Å². The Morgan fingerprint density at radius 3 is 2.21 bits per heavy atom. The van der Waals surface area contributed by atoms with Crippen molar-refractivity contribution in [1.82, 2.24) is 9.55 Å². The van der Waals surface area contributed by atoms with E-state index in [-0.39, 0.29) is 59.1 Å². The zero-order chi connectivity index (χ0) is 27.0. The molecule has 0 aromatic carbocycles. The van der Waals surface area contributed by atoms with Gasteiger partial charge in [0.1, 0.15) is 51.8 Å². The maximum absolute atomic E-state index is 13.8. The molecule has 0 radical (unpaired) electrons. The van der Waals surface area contributed by atoms with Crippen molar-refractivity contribution in [3.8, 4) is 0 Å². The molecule has 11 atom stereocenters. The van der Waals surface area contributed by atoms with Crippen LogP contribution in [0.2, 0.25) is 0 Å². The first kappa shape index (κ1) is 36.7. The van der Waals surface area contributed by atoms with Gasteiger partial charge in [0.05, 0.1) is 19.1 Å². The molecule has 22 heteroatoms. The number of nitrogens with one attached hydrogen (secondary N) is 1. The van der Waals surface area contributed by atoms with Gasteiger partial charge in [0.2, 0.25) is 0 Å². The minimum absolute atomic E-state index is 0. The van der Waals surface area contributed by atoms with Crippen molar-refractivity contribution in [1.29, 1.82) is 0 Å². The number of rotatable bonds is 9. The number of ether oxygens (including phenoxy) is 2. The van der Waals surface area contributed by atoms with E-state index in [0.29, 0.717) is 0 Å². The number of aromatic nitrogens is 2. The first-order valence-corrected chi connectivity index (χ1v) is 13.6. The van der Waals surface area contributed by atoms with E-state index in [4.69, 9.17) is 14.6 Å². The van der Waals surface area contributed by atoms with Crippen LogP contribution in [0.5, 0.6) is 0 Å². The van der Waals surface area contributed by atoms with E-state index in [0.717, 1.165) is 16.8 Å². The molecule has 2 unspecified atom stereocenters. The minimum atomic E-state index is -5.45. The number of alkyl halides is 1. The Morgan fingerprint density at radius 2 is 1.63 bits per heavy atom. The van der Waals surface area contributed by atoms with Crippen LogP contribution in [0, 0.1) is 0 Å². The molecule has 206 valence electrons.